The van der Waals surface area contributed by atoms with Gasteiger partial charge >= 0.3 is 6.09 Å². The number of hydrogen-bond acceptors (Lipinski definition) is 5. The molecule has 1 aliphatic rings. The van der Waals surface area contributed by atoms with Crippen LogP contribution < -0.4 is 15.4 Å². The van der Waals surface area contributed by atoms with Gasteiger partial charge in [-0.15, -0.1) is 0 Å². The maximum absolute atomic E-state index is 13.1. The zero-order chi connectivity index (χ0) is 24.5. The van der Waals surface area contributed by atoms with Gasteiger partial charge in [0.05, 0.1) is 6.54 Å². The van der Waals surface area contributed by atoms with Crippen LogP contribution in [-0.4, -0.2) is 55.1 Å². The fourth-order valence-electron chi connectivity index (χ4n) is 3.76. The lowest BCUT2D eigenvalue weighted by Crippen LogP contribution is -2.33. The van der Waals surface area contributed by atoms with Crippen molar-refractivity contribution in [1.29, 1.82) is 5.41 Å². The first-order chi connectivity index (χ1) is 16.4. The number of amides is 2. The normalized spacial score (nSPS) is 15.2. The molecule has 0 radical (unpaired) electrons. The van der Waals surface area contributed by atoms with Crippen LogP contribution in [0.1, 0.15) is 55.5 Å². The van der Waals surface area contributed by atoms with Crippen molar-refractivity contribution < 1.29 is 19.1 Å². The van der Waals surface area contributed by atoms with Crippen molar-refractivity contribution >= 4 is 23.5 Å². The molecule has 8 nitrogen and oxygen atoms in total. The third-order valence-electron chi connectivity index (χ3n) is 5.71. The second kappa shape index (κ2) is 12.1. The molecule has 0 aliphatic carbocycles. The number of nitrogen functional groups attached to an aromatic ring is 1. The number of ether oxygens (including phenoxy) is 2. The molecule has 182 valence electrons. The number of nitrogens with one attached hydrogen (secondary N) is 1. The van der Waals surface area contributed by atoms with E-state index < -0.39 is 12.2 Å². The maximum atomic E-state index is 13.1. The monoisotopic (exact) mass is 466 g/mol. The molecule has 1 fully saturated rings. The van der Waals surface area contributed by atoms with Crippen LogP contribution in [0.2, 0.25) is 0 Å². The molecule has 1 heterocycles. The molecule has 3 rings (SSSR count). The smallest absolute Gasteiger partial charge is 0.414 e. The highest BCUT2D eigenvalue weighted by molar-refractivity contribution is 5.97. The Morgan fingerprint density at radius 1 is 1.12 bits per heavy atom. The van der Waals surface area contributed by atoms with E-state index in [2.05, 4.69) is 13.8 Å². The van der Waals surface area contributed by atoms with Gasteiger partial charge in [-0.05, 0) is 43.2 Å². The molecule has 3 N–H and O–H groups in total. The molecule has 0 bridgehead atoms. The lowest BCUT2D eigenvalue weighted by molar-refractivity contribution is 0.0750. The lowest BCUT2D eigenvalue weighted by atomic mass is 10.1. The summed E-state index contributed by atoms with van der Waals surface area (Å²) < 4.78 is 11.3. The first-order valence-corrected chi connectivity index (χ1v) is 11.9. The van der Waals surface area contributed by atoms with Crippen LogP contribution in [0.25, 0.3) is 0 Å². The van der Waals surface area contributed by atoms with Crippen LogP contribution in [0.15, 0.2) is 48.5 Å². The largest absolute Gasteiger partial charge is 0.490 e. The average Bonchev–Trinajstić information content (AvgIpc) is 3.23. The van der Waals surface area contributed by atoms with Crippen LogP contribution in [0.4, 0.5) is 10.5 Å². The highest BCUT2D eigenvalue weighted by atomic mass is 16.6. The Bertz CT molecular complexity index is 1000. The fraction of sp³-hybridized carbons (Fsp3) is 0.423. The van der Waals surface area contributed by atoms with E-state index in [1.165, 1.54) is 4.90 Å². The number of hydrogen-bond donors (Lipinski definition) is 2. The van der Waals surface area contributed by atoms with Crippen molar-refractivity contribution in [3.63, 3.8) is 0 Å². The van der Waals surface area contributed by atoms with E-state index >= 15 is 0 Å². The van der Waals surface area contributed by atoms with Crippen molar-refractivity contribution in [3.8, 4) is 5.75 Å². The SMILES string of the molecule is CCCCN(CCCC)C(=O)c1cccc(OCC2CN(c3cccc(C(=N)N)c3)C(=O)O2)c1. The molecule has 34 heavy (non-hydrogen) atoms. The zero-order valence-electron chi connectivity index (χ0n) is 20.0. The van der Waals surface area contributed by atoms with Gasteiger partial charge in [0.25, 0.3) is 5.91 Å². The van der Waals surface area contributed by atoms with E-state index in [0.29, 0.717) is 29.1 Å². The average molecular weight is 467 g/mol. The van der Waals surface area contributed by atoms with Crippen molar-refractivity contribution in [2.24, 2.45) is 5.73 Å². The van der Waals surface area contributed by atoms with E-state index in [4.69, 9.17) is 20.6 Å². The number of carbonyl (C=O) groups excluding carboxylic acids is 2. The van der Waals surface area contributed by atoms with Gasteiger partial charge in [-0.25, -0.2) is 4.79 Å². The van der Waals surface area contributed by atoms with E-state index in [1.807, 2.05) is 4.90 Å². The first-order valence-electron chi connectivity index (χ1n) is 11.9. The molecular weight excluding hydrogens is 432 g/mol. The number of nitrogens with two attached hydrogens (primary N) is 1. The molecule has 2 aromatic rings. The molecule has 2 amide bonds. The van der Waals surface area contributed by atoms with Gasteiger partial charge in [-0.1, -0.05) is 44.9 Å². The van der Waals surface area contributed by atoms with Crippen LogP contribution in [0.5, 0.6) is 5.75 Å². The molecule has 0 aromatic heterocycles. The predicted octanol–water partition coefficient (Wildman–Crippen LogP) is 4.42. The minimum Gasteiger partial charge on any atom is -0.490 e. The Kier molecular flexibility index (Phi) is 8.90. The van der Waals surface area contributed by atoms with Crippen LogP contribution in [-0.2, 0) is 4.74 Å². The summed E-state index contributed by atoms with van der Waals surface area (Å²) in [6.45, 7) is 6.22. The molecule has 8 heteroatoms. The van der Waals surface area contributed by atoms with Gasteiger partial charge < -0.3 is 20.1 Å². The van der Waals surface area contributed by atoms with E-state index in [1.54, 1.807) is 48.5 Å². The highest BCUT2D eigenvalue weighted by Crippen LogP contribution is 2.24. The summed E-state index contributed by atoms with van der Waals surface area (Å²) in [7, 11) is 0. The topological polar surface area (TPSA) is 109 Å². The Morgan fingerprint density at radius 2 is 1.79 bits per heavy atom. The summed E-state index contributed by atoms with van der Waals surface area (Å²) in [4.78, 5) is 28.9. The highest BCUT2D eigenvalue weighted by Gasteiger charge is 2.33. The van der Waals surface area contributed by atoms with Gasteiger partial charge in [0.15, 0.2) is 6.10 Å². The lowest BCUT2D eigenvalue weighted by Gasteiger charge is -2.22. The van der Waals surface area contributed by atoms with Gasteiger partial charge in [0, 0.05) is 29.9 Å². The minimum absolute atomic E-state index is 0.0103. The Hall–Kier alpha value is -3.55. The number of rotatable bonds is 12. The van der Waals surface area contributed by atoms with Crippen molar-refractivity contribution in [3.05, 3.63) is 59.7 Å². The number of carbonyl (C=O) groups is 2. The van der Waals surface area contributed by atoms with Gasteiger partial charge in [-0.3, -0.25) is 15.1 Å². The second-order valence-corrected chi connectivity index (χ2v) is 8.42. The molecule has 2 aromatic carbocycles. The standard InChI is InChI=1S/C26H34N4O4/c1-3-5-13-29(14-6-4-2)25(31)20-10-8-12-22(16-20)33-18-23-17-30(26(32)34-23)21-11-7-9-19(15-21)24(27)28/h7-12,15-16,23H,3-6,13-14,17-18H2,1-2H3,(H3,27,28). The van der Waals surface area contributed by atoms with E-state index in [9.17, 15) is 9.59 Å². The van der Waals surface area contributed by atoms with Crippen molar-refractivity contribution in [2.75, 3.05) is 31.1 Å². The molecule has 1 atom stereocenters. The minimum atomic E-state index is -0.472. The van der Waals surface area contributed by atoms with Gasteiger partial charge in [-0.2, -0.15) is 0 Å². The molecule has 0 spiro atoms. The third-order valence-corrected chi connectivity index (χ3v) is 5.71. The zero-order valence-corrected chi connectivity index (χ0v) is 20.0. The summed E-state index contributed by atoms with van der Waals surface area (Å²) in [5.41, 5.74) is 7.31. The number of nitrogens with zero attached hydrogens (tertiary/aromatic N) is 2. The third kappa shape index (κ3) is 6.50. The van der Waals surface area contributed by atoms with Gasteiger partial charge in [0.2, 0.25) is 0 Å². The van der Waals surface area contributed by atoms with E-state index in [0.717, 1.165) is 38.8 Å². The first kappa shape index (κ1) is 25.1. The van der Waals surface area contributed by atoms with Crippen molar-refractivity contribution in [1.82, 2.24) is 4.90 Å². The Labute approximate surface area is 201 Å². The second-order valence-electron chi connectivity index (χ2n) is 8.42. The fourth-order valence-corrected chi connectivity index (χ4v) is 3.76. The summed E-state index contributed by atoms with van der Waals surface area (Å²) in [5, 5.41) is 7.59. The molecule has 1 aliphatic heterocycles. The quantitative estimate of drug-likeness (QED) is 0.356. The van der Waals surface area contributed by atoms with E-state index in [-0.39, 0.29) is 18.3 Å². The van der Waals surface area contributed by atoms with Crippen LogP contribution in [0.3, 0.4) is 0 Å². The summed E-state index contributed by atoms with van der Waals surface area (Å²) in [5.74, 6) is 0.507. The Balaban J connectivity index is 1.61. The summed E-state index contributed by atoms with van der Waals surface area (Å²) >= 11 is 0. The number of unbranched alkanes of at least 4 members (excludes halogenated alkanes) is 2. The van der Waals surface area contributed by atoms with Crippen LogP contribution in [0, 0.1) is 5.41 Å². The molecule has 0 saturated carbocycles. The number of cyclic esters (lactones) is 1. The van der Waals surface area contributed by atoms with Crippen LogP contribution >= 0.6 is 0 Å². The number of amidine groups is 1. The molecular formula is C26H34N4O4. The van der Waals surface area contributed by atoms with Gasteiger partial charge in [0.1, 0.15) is 18.2 Å². The van der Waals surface area contributed by atoms with Crippen molar-refractivity contribution in [2.45, 2.75) is 45.6 Å². The summed E-state index contributed by atoms with van der Waals surface area (Å²) in [6.07, 6.45) is 3.10. The molecule has 1 unspecified atom stereocenters. The number of benzene rings is 2. The molecule has 1 saturated heterocycles. The number of anilines is 1. The predicted molar refractivity (Wildman–Crippen MR) is 133 cm³/mol. The maximum Gasteiger partial charge on any atom is 0.414 e. The Morgan fingerprint density at radius 3 is 2.47 bits per heavy atom. The summed E-state index contributed by atoms with van der Waals surface area (Å²) in [6, 6.07) is 14.1.